The Kier molecular flexibility index (Phi) is 8.14. The number of guanidine groups is 1. The van der Waals surface area contributed by atoms with Crippen LogP contribution in [0.2, 0.25) is 0 Å². The van der Waals surface area contributed by atoms with Crippen LogP contribution in [-0.4, -0.2) is 72.4 Å². The van der Waals surface area contributed by atoms with Crippen LogP contribution in [0.15, 0.2) is 29.4 Å². The van der Waals surface area contributed by atoms with Crippen molar-refractivity contribution >= 4 is 11.6 Å². The molecule has 0 unspecified atom stereocenters. The van der Waals surface area contributed by atoms with Crippen molar-refractivity contribution in [2.75, 3.05) is 46.9 Å². The van der Waals surface area contributed by atoms with Crippen LogP contribution in [0.1, 0.15) is 19.2 Å². The summed E-state index contributed by atoms with van der Waals surface area (Å²) in [7, 11) is 3.85. The van der Waals surface area contributed by atoms with Crippen LogP contribution in [-0.2, 0) is 11.3 Å². The maximum Gasteiger partial charge on any atom is 0.191 e. The van der Waals surface area contributed by atoms with Gasteiger partial charge in [0, 0.05) is 46.1 Å². The molecule has 0 spiro atoms. The topological polar surface area (TPSA) is 79.1 Å². The van der Waals surface area contributed by atoms with E-state index in [1.807, 2.05) is 28.8 Å². The zero-order chi connectivity index (χ0) is 17.9. The molecule has 8 heteroatoms. The Morgan fingerprint density at radius 2 is 2.16 bits per heavy atom. The lowest BCUT2D eigenvalue weighted by atomic mass is 10.4. The maximum absolute atomic E-state index is 5.08. The van der Waals surface area contributed by atoms with Crippen LogP contribution in [0.4, 0.5) is 0 Å². The van der Waals surface area contributed by atoms with Crippen LogP contribution in [0.3, 0.4) is 0 Å². The largest absolute Gasteiger partial charge is 0.385 e. The highest BCUT2D eigenvalue weighted by molar-refractivity contribution is 5.79. The van der Waals surface area contributed by atoms with E-state index in [1.165, 1.54) is 0 Å². The van der Waals surface area contributed by atoms with Crippen molar-refractivity contribution in [3.63, 3.8) is 0 Å². The fourth-order valence-electron chi connectivity index (χ4n) is 2.45. The summed E-state index contributed by atoms with van der Waals surface area (Å²) >= 11 is 0. The first-order valence-corrected chi connectivity index (χ1v) is 8.73. The highest BCUT2D eigenvalue weighted by atomic mass is 16.5. The molecule has 0 aliphatic heterocycles. The molecule has 0 atom stereocenters. The van der Waals surface area contributed by atoms with Gasteiger partial charge < -0.3 is 20.3 Å². The second-order valence-corrected chi connectivity index (χ2v) is 5.82. The molecule has 138 valence electrons. The van der Waals surface area contributed by atoms with Gasteiger partial charge in [-0.1, -0.05) is 6.07 Å². The summed E-state index contributed by atoms with van der Waals surface area (Å²) in [5, 5.41) is 15.0. The zero-order valence-corrected chi connectivity index (χ0v) is 15.4. The molecule has 2 N–H and O–H groups in total. The molecule has 0 amide bonds. The first kappa shape index (κ1) is 19.1. The van der Waals surface area contributed by atoms with Crippen LogP contribution in [0.25, 0.3) is 5.65 Å². The molecule has 0 fully saturated rings. The standard InChI is InChI=1S/C17H29N7O/c1-4-18-17(19-9-12-23(2)10-7-13-25-3)20-14-16-22-21-15-8-5-6-11-24(15)16/h5-6,8,11H,4,7,9-10,12-14H2,1-3H3,(H2,18,19,20). The average Bonchev–Trinajstić information content (AvgIpc) is 3.03. The van der Waals surface area contributed by atoms with Gasteiger partial charge in [0.2, 0.25) is 0 Å². The lowest BCUT2D eigenvalue weighted by Crippen LogP contribution is -2.41. The number of rotatable bonds is 10. The molecule has 0 aliphatic rings. The molecular weight excluding hydrogens is 318 g/mol. The number of hydrogen-bond acceptors (Lipinski definition) is 5. The monoisotopic (exact) mass is 347 g/mol. The highest BCUT2D eigenvalue weighted by Crippen LogP contribution is 2.03. The SMILES string of the molecule is CCNC(=NCc1nnc2ccccn12)NCCN(C)CCCOC. The minimum absolute atomic E-state index is 0.476. The molecule has 0 radical (unpaired) electrons. The third kappa shape index (κ3) is 6.32. The van der Waals surface area contributed by atoms with Crippen molar-refractivity contribution in [2.45, 2.75) is 19.9 Å². The van der Waals surface area contributed by atoms with Gasteiger partial charge in [-0.3, -0.25) is 4.40 Å². The van der Waals surface area contributed by atoms with E-state index in [0.717, 1.165) is 56.6 Å². The Hall–Kier alpha value is -2.19. The zero-order valence-electron chi connectivity index (χ0n) is 15.4. The van der Waals surface area contributed by atoms with E-state index in [1.54, 1.807) is 7.11 Å². The number of likely N-dealkylation sites (N-methyl/N-ethyl adjacent to an activating group) is 1. The maximum atomic E-state index is 5.08. The highest BCUT2D eigenvalue weighted by Gasteiger charge is 2.05. The van der Waals surface area contributed by atoms with E-state index < -0.39 is 0 Å². The van der Waals surface area contributed by atoms with Crippen LogP contribution >= 0.6 is 0 Å². The van der Waals surface area contributed by atoms with Crippen molar-refractivity contribution in [1.29, 1.82) is 0 Å². The molecule has 2 aromatic rings. The van der Waals surface area contributed by atoms with E-state index in [2.05, 4.69) is 44.7 Å². The van der Waals surface area contributed by atoms with E-state index in [9.17, 15) is 0 Å². The van der Waals surface area contributed by atoms with Crippen LogP contribution < -0.4 is 10.6 Å². The summed E-state index contributed by atoms with van der Waals surface area (Å²) in [6.45, 7) is 6.95. The number of pyridine rings is 1. The third-order valence-electron chi connectivity index (χ3n) is 3.78. The quantitative estimate of drug-likeness (QED) is 0.375. The van der Waals surface area contributed by atoms with Crippen molar-refractivity contribution in [1.82, 2.24) is 30.1 Å². The molecule has 25 heavy (non-hydrogen) atoms. The Bertz CT molecular complexity index is 655. The first-order chi connectivity index (χ1) is 12.2. The predicted octanol–water partition coefficient (Wildman–Crippen LogP) is 0.753. The lowest BCUT2D eigenvalue weighted by molar-refractivity contribution is 0.180. The van der Waals surface area contributed by atoms with Gasteiger partial charge in [0.25, 0.3) is 0 Å². The van der Waals surface area contributed by atoms with Gasteiger partial charge in [0.05, 0.1) is 0 Å². The third-order valence-corrected chi connectivity index (χ3v) is 3.78. The number of aliphatic imine (C=N–C) groups is 1. The molecule has 2 rings (SSSR count). The van der Waals surface area contributed by atoms with Crippen LogP contribution in [0.5, 0.6) is 0 Å². The second-order valence-electron chi connectivity index (χ2n) is 5.82. The van der Waals surface area contributed by atoms with Gasteiger partial charge in [-0.05, 0) is 32.5 Å². The molecule has 0 bridgehead atoms. The molecule has 0 aliphatic carbocycles. The number of hydrogen-bond donors (Lipinski definition) is 2. The smallest absolute Gasteiger partial charge is 0.191 e. The van der Waals surface area contributed by atoms with E-state index in [0.29, 0.717) is 6.54 Å². The summed E-state index contributed by atoms with van der Waals surface area (Å²) < 4.78 is 7.04. The lowest BCUT2D eigenvalue weighted by Gasteiger charge is -2.18. The number of aromatic nitrogens is 3. The average molecular weight is 347 g/mol. The number of methoxy groups -OCH3 is 1. The van der Waals surface area contributed by atoms with Crippen molar-refractivity contribution in [3.8, 4) is 0 Å². The van der Waals surface area contributed by atoms with E-state index >= 15 is 0 Å². The molecular formula is C17H29N7O. The number of ether oxygens (including phenoxy) is 1. The number of fused-ring (bicyclic) bond motifs is 1. The molecule has 0 saturated heterocycles. The fraction of sp³-hybridized carbons (Fsp3) is 0.588. The minimum atomic E-state index is 0.476. The fourth-order valence-corrected chi connectivity index (χ4v) is 2.45. The van der Waals surface area contributed by atoms with Crippen molar-refractivity contribution < 1.29 is 4.74 Å². The molecule has 2 aromatic heterocycles. The van der Waals surface area contributed by atoms with Gasteiger partial charge in [0.1, 0.15) is 6.54 Å². The molecule has 8 nitrogen and oxygen atoms in total. The molecule has 0 aromatic carbocycles. The van der Waals surface area contributed by atoms with Gasteiger partial charge >= 0.3 is 0 Å². The number of nitrogens with zero attached hydrogens (tertiary/aromatic N) is 5. The number of nitrogens with one attached hydrogen (secondary N) is 2. The molecule has 0 saturated carbocycles. The summed E-state index contributed by atoms with van der Waals surface area (Å²) in [6.07, 6.45) is 3.00. The van der Waals surface area contributed by atoms with Crippen molar-refractivity contribution in [2.24, 2.45) is 4.99 Å². The Balaban J connectivity index is 1.84. The Morgan fingerprint density at radius 1 is 1.28 bits per heavy atom. The van der Waals surface area contributed by atoms with Crippen molar-refractivity contribution in [3.05, 3.63) is 30.2 Å². The van der Waals surface area contributed by atoms with Crippen LogP contribution in [0, 0.1) is 0 Å². The Labute approximate surface area is 149 Å². The summed E-state index contributed by atoms with van der Waals surface area (Å²) in [4.78, 5) is 6.89. The minimum Gasteiger partial charge on any atom is -0.385 e. The predicted molar refractivity (Wildman–Crippen MR) is 99.8 cm³/mol. The second kappa shape index (κ2) is 10.6. The van der Waals surface area contributed by atoms with E-state index in [4.69, 9.17) is 4.74 Å². The van der Waals surface area contributed by atoms with E-state index in [-0.39, 0.29) is 0 Å². The first-order valence-electron chi connectivity index (χ1n) is 8.73. The normalized spacial score (nSPS) is 12.1. The molecule has 2 heterocycles. The van der Waals surface area contributed by atoms with Gasteiger partial charge in [-0.25, -0.2) is 4.99 Å². The Morgan fingerprint density at radius 3 is 2.96 bits per heavy atom. The van der Waals surface area contributed by atoms with Gasteiger partial charge in [0.15, 0.2) is 17.4 Å². The summed E-state index contributed by atoms with van der Waals surface area (Å²) in [5.41, 5.74) is 0.836. The van der Waals surface area contributed by atoms with Gasteiger partial charge in [-0.15, -0.1) is 10.2 Å². The van der Waals surface area contributed by atoms with Gasteiger partial charge in [-0.2, -0.15) is 0 Å². The summed E-state index contributed by atoms with van der Waals surface area (Å²) in [6, 6.07) is 5.85. The summed E-state index contributed by atoms with van der Waals surface area (Å²) in [5.74, 6) is 1.62.